The van der Waals surface area contributed by atoms with Crippen LogP contribution in [0.5, 0.6) is 0 Å². The van der Waals surface area contributed by atoms with Crippen LogP contribution >= 0.6 is 15.9 Å². The molecule has 0 saturated carbocycles. The van der Waals surface area contributed by atoms with Gasteiger partial charge in [-0.25, -0.2) is 4.98 Å². The Hall–Kier alpha value is -0.880. The number of rotatable bonds is 2. The minimum Gasteiger partial charge on any atom is -0.383 e. The van der Waals surface area contributed by atoms with Crippen LogP contribution in [0.1, 0.15) is 13.3 Å². The van der Waals surface area contributed by atoms with Crippen LogP contribution in [0.25, 0.3) is 0 Å². The van der Waals surface area contributed by atoms with Crippen molar-refractivity contribution >= 4 is 27.7 Å². The Balaban J connectivity index is 2.05. The molecule has 0 aromatic carbocycles. The van der Waals surface area contributed by atoms with Gasteiger partial charge in [0, 0.05) is 18.7 Å². The van der Waals surface area contributed by atoms with Crippen molar-refractivity contribution in [3.63, 3.8) is 0 Å². The molecule has 6 heteroatoms. The summed E-state index contributed by atoms with van der Waals surface area (Å²) < 4.78 is 0.716. The summed E-state index contributed by atoms with van der Waals surface area (Å²) in [5, 5.41) is 3.37. The zero-order valence-corrected chi connectivity index (χ0v) is 11.7. The summed E-state index contributed by atoms with van der Waals surface area (Å²) in [5.74, 6) is 1.67. The summed E-state index contributed by atoms with van der Waals surface area (Å²) in [6.45, 7) is 4.45. The molecule has 2 unspecified atom stereocenters. The molecule has 94 valence electrons. The molecule has 2 atom stereocenters. The highest BCUT2D eigenvalue weighted by molar-refractivity contribution is 9.10. The summed E-state index contributed by atoms with van der Waals surface area (Å²) in [5.41, 5.74) is 5.69. The van der Waals surface area contributed by atoms with Crippen LogP contribution in [-0.2, 0) is 0 Å². The predicted molar refractivity (Wildman–Crippen MR) is 72.8 cm³/mol. The third-order valence-electron chi connectivity index (χ3n) is 3.14. The molecular formula is C11H18BrN5. The topological polar surface area (TPSA) is 67.1 Å². The van der Waals surface area contributed by atoms with Crippen molar-refractivity contribution in [3.8, 4) is 0 Å². The van der Waals surface area contributed by atoms with Crippen LogP contribution < -0.4 is 11.1 Å². The van der Waals surface area contributed by atoms with Gasteiger partial charge in [-0.1, -0.05) is 6.92 Å². The Labute approximate surface area is 110 Å². The van der Waals surface area contributed by atoms with E-state index in [9.17, 15) is 0 Å². The molecule has 17 heavy (non-hydrogen) atoms. The van der Waals surface area contributed by atoms with Crippen molar-refractivity contribution in [1.82, 2.24) is 14.9 Å². The summed E-state index contributed by atoms with van der Waals surface area (Å²) in [6.07, 6.45) is 1.10. The van der Waals surface area contributed by atoms with Gasteiger partial charge in [0.15, 0.2) is 0 Å². The van der Waals surface area contributed by atoms with E-state index in [2.05, 4.69) is 50.1 Å². The number of likely N-dealkylation sites (tertiary alicyclic amines) is 1. The Morgan fingerprint density at radius 3 is 2.94 bits per heavy atom. The number of halogens is 1. The molecule has 1 aromatic heterocycles. The van der Waals surface area contributed by atoms with Crippen molar-refractivity contribution in [3.05, 3.63) is 10.7 Å². The van der Waals surface area contributed by atoms with E-state index in [4.69, 9.17) is 5.73 Å². The summed E-state index contributed by atoms with van der Waals surface area (Å²) >= 11 is 3.32. The Morgan fingerprint density at radius 2 is 2.29 bits per heavy atom. The van der Waals surface area contributed by atoms with E-state index in [1.165, 1.54) is 0 Å². The number of anilines is 2. The largest absolute Gasteiger partial charge is 0.383 e. The van der Waals surface area contributed by atoms with Crippen molar-refractivity contribution in [2.45, 2.75) is 19.4 Å². The molecule has 0 spiro atoms. The van der Waals surface area contributed by atoms with Crippen molar-refractivity contribution < 1.29 is 0 Å². The Morgan fingerprint density at radius 1 is 1.53 bits per heavy atom. The lowest BCUT2D eigenvalue weighted by atomic mass is 9.94. The Kier molecular flexibility index (Phi) is 3.83. The van der Waals surface area contributed by atoms with Gasteiger partial charge in [0.2, 0.25) is 5.95 Å². The van der Waals surface area contributed by atoms with Gasteiger partial charge in [0.1, 0.15) is 10.4 Å². The van der Waals surface area contributed by atoms with Crippen LogP contribution in [-0.4, -0.2) is 41.0 Å². The second-order valence-corrected chi connectivity index (χ2v) is 5.53. The molecule has 0 amide bonds. The first-order chi connectivity index (χ1) is 8.04. The molecule has 0 radical (unpaired) electrons. The van der Waals surface area contributed by atoms with Crippen LogP contribution in [0, 0.1) is 5.92 Å². The number of nitrogen functional groups attached to an aromatic ring is 1. The molecule has 2 rings (SSSR count). The maximum atomic E-state index is 5.69. The number of nitrogens with zero attached hydrogens (tertiary/aromatic N) is 3. The minimum absolute atomic E-state index is 0.417. The lowest BCUT2D eigenvalue weighted by Crippen LogP contribution is -2.43. The standard InChI is InChI=1S/C11H18BrN5/c1-7-6-17(2)4-3-8(7)14-11-15-9(12)5-10(13)16-11/h5,7-8H,3-4,6H2,1-2H3,(H3,13,14,15,16). The first-order valence-corrected chi connectivity index (χ1v) is 6.59. The lowest BCUT2D eigenvalue weighted by molar-refractivity contribution is 0.206. The average Bonchev–Trinajstić information content (AvgIpc) is 2.21. The molecule has 1 saturated heterocycles. The zero-order chi connectivity index (χ0) is 12.4. The molecular weight excluding hydrogens is 282 g/mol. The average molecular weight is 300 g/mol. The summed E-state index contributed by atoms with van der Waals surface area (Å²) in [4.78, 5) is 10.8. The Bertz CT molecular complexity index is 377. The maximum Gasteiger partial charge on any atom is 0.225 e. The van der Waals surface area contributed by atoms with E-state index in [1.807, 2.05) is 0 Å². The molecule has 0 bridgehead atoms. The van der Waals surface area contributed by atoms with Crippen LogP contribution in [0.2, 0.25) is 0 Å². The first-order valence-electron chi connectivity index (χ1n) is 5.79. The van der Waals surface area contributed by atoms with E-state index >= 15 is 0 Å². The number of nitrogens with two attached hydrogens (primary N) is 1. The lowest BCUT2D eigenvalue weighted by Gasteiger charge is -2.35. The fraction of sp³-hybridized carbons (Fsp3) is 0.636. The van der Waals surface area contributed by atoms with Gasteiger partial charge >= 0.3 is 0 Å². The van der Waals surface area contributed by atoms with Gasteiger partial charge in [-0.15, -0.1) is 0 Å². The number of nitrogens with one attached hydrogen (secondary N) is 1. The molecule has 1 aliphatic heterocycles. The minimum atomic E-state index is 0.417. The van der Waals surface area contributed by atoms with E-state index < -0.39 is 0 Å². The molecule has 0 aliphatic carbocycles. The highest BCUT2D eigenvalue weighted by atomic mass is 79.9. The fourth-order valence-corrected chi connectivity index (χ4v) is 2.64. The van der Waals surface area contributed by atoms with Crippen LogP contribution in [0.4, 0.5) is 11.8 Å². The second-order valence-electron chi connectivity index (χ2n) is 4.72. The number of hydrogen-bond donors (Lipinski definition) is 2. The zero-order valence-electron chi connectivity index (χ0n) is 10.2. The van der Waals surface area contributed by atoms with Crippen molar-refractivity contribution in [2.24, 2.45) is 5.92 Å². The van der Waals surface area contributed by atoms with Gasteiger partial charge in [-0.3, -0.25) is 0 Å². The number of aromatic nitrogens is 2. The van der Waals surface area contributed by atoms with Crippen LogP contribution in [0.3, 0.4) is 0 Å². The van der Waals surface area contributed by atoms with Crippen LogP contribution in [0.15, 0.2) is 10.7 Å². The first kappa shape index (κ1) is 12.6. The van der Waals surface area contributed by atoms with Crippen molar-refractivity contribution in [2.75, 3.05) is 31.2 Å². The normalized spacial score (nSPS) is 25.8. The van der Waals surface area contributed by atoms with Gasteiger partial charge in [-0.2, -0.15) is 4.98 Å². The van der Waals surface area contributed by atoms with Crippen molar-refractivity contribution in [1.29, 1.82) is 0 Å². The fourth-order valence-electron chi connectivity index (χ4n) is 2.23. The number of piperidine rings is 1. The second kappa shape index (κ2) is 5.18. The van der Waals surface area contributed by atoms with Gasteiger partial charge < -0.3 is 16.0 Å². The highest BCUT2D eigenvalue weighted by Crippen LogP contribution is 2.20. The van der Waals surface area contributed by atoms with Gasteiger partial charge in [0.25, 0.3) is 0 Å². The monoisotopic (exact) mass is 299 g/mol. The van der Waals surface area contributed by atoms with Gasteiger partial charge in [-0.05, 0) is 41.9 Å². The van der Waals surface area contributed by atoms with E-state index in [0.717, 1.165) is 19.5 Å². The highest BCUT2D eigenvalue weighted by Gasteiger charge is 2.24. The number of hydrogen-bond acceptors (Lipinski definition) is 5. The van der Waals surface area contributed by atoms with E-state index in [0.29, 0.717) is 28.3 Å². The smallest absolute Gasteiger partial charge is 0.225 e. The molecule has 1 fully saturated rings. The SMILES string of the molecule is CC1CN(C)CCC1Nc1nc(N)cc(Br)n1. The summed E-state index contributed by atoms with van der Waals surface area (Å²) in [6, 6.07) is 2.11. The molecule has 1 aromatic rings. The third-order valence-corrected chi connectivity index (χ3v) is 3.54. The molecule has 3 N–H and O–H groups in total. The molecule has 5 nitrogen and oxygen atoms in total. The quantitative estimate of drug-likeness (QED) is 0.812. The molecule has 1 aliphatic rings. The predicted octanol–water partition coefficient (Wildman–Crippen LogP) is 1.57. The maximum absolute atomic E-state index is 5.69. The van der Waals surface area contributed by atoms with E-state index in [1.54, 1.807) is 6.07 Å². The third kappa shape index (κ3) is 3.29. The van der Waals surface area contributed by atoms with Gasteiger partial charge in [0.05, 0.1) is 0 Å². The van der Waals surface area contributed by atoms with E-state index in [-0.39, 0.29) is 0 Å². The summed E-state index contributed by atoms with van der Waals surface area (Å²) in [7, 11) is 2.15. The molecule has 2 heterocycles.